The van der Waals surface area contributed by atoms with Gasteiger partial charge in [0.2, 0.25) is 5.91 Å². The first-order valence-corrected chi connectivity index (χ1v) is 4.13. The lowest BCUT2D eigenvalue weighted by Gasteiger charge is -2.26. The zero-order valence-electron chi connectivity index (χ0n) is 6.81. The lowest BCUT2D eigenvalue weighted by atomic mass is 9.89. The van der Waals surface area contributed by atoms with E-state index in [1.165, 1.54) is 0 Å². The number of piperidine rings is 1. The van der Waals surface area contributed by atoms with Crippen LogP contribution in [0.25, 0.3) is 0 Å². The van der Waals surface area contributed by atoms with E-state index >= 15 is 0 Å². The van der Waals surface area contributed by atoms with Crippen molar-refractivity contribution in [2.75, 3.05) is 6.54 Å². The molecule has 1 saturated carbocycles. The van der Waals surface area contributed by atoms with Gasteiger partial charge in [0.15, 0.2) is 0 Å². The molecular weight excluding hydrogens is 140 g/mol. The molecular formula is C8H14N2O. The summed E-state index contributed by atoms with van der Waals surface area (Å²) in [5.41, 5.74) is 5.48. The van der Waals surface area contributed by atoms with Gasteiger partial charge in [-0.25, -0.2) is 0 Å². The highest BCUT2D eigenvalue weighted by atomic mass is 16.2. The second-order valence-corrected chi connectivity index (χ2v) is 4.18. The Hall–Kier alpha value is -0.570. The largest absolute Gasteiger partial charge is 0.349 e. The Morgan fingerprint density at radius 1 is 1.64 bits per heavy atom. The van der Waals surface area contributed by atoms with E-state index < -0.39 is 0 Å². The van der Waals surface area contributed by atoms with Crippen LogP contribution in [0, 0.1) is 5.41 Å². The molecule has 1 amide bonds. The number of nitrogens with two attached hydrogens (primary N) is 1. The van der Waals surface area contributed by atoms with Gasteiger partial charge in [-0.15, -0.1) is 0 Å². The number of carbonyl (C=O) groups is 1. The van der Waals surface area contributed by atoms with Crippen LogP contribution in [0.5, 0.6) is 0 Å². The summed E-state index contributed by atoms with van der Waals surface area (Å²) < 4.78 is 0. The molecule has 2 atom stereocenters. The standard InChI is InChI=1S/C8H14N2O/c1-7-2-3-8(4-7,5-9)10-6(7)11/h2-5,9H2,1H3,(H,10,11). The Kier molecular flexibility index (Phi) is 1.15. The maximum absolute atomic E-state index is 11.4. The van der Waals surface area contributed by atoms with Crippen molar-refractivity contribution >= 4 is 5.91 Å². The maximum Gasteiger partial charge on any atom is 0.226 e. The third-order valence-electron chi connectivity index (χ3n) is 3.20. The summed E-state index contributed by atoms with van der Waals surface area (Å²) in [7, 11) is 0. The van der Waals surface area contributed by atoms with Gasteiger partial charge in [0.1, 0.15) is 0 Å². The number of hydrogen-bond acceptors (Lipinski definition) is 2. The second kappa shape index (κ2) is 1.78. The van der Waals surface area contributed by atoms with Crippen molar-refractivity contribution in [3.05, 3.63) is 0 Å². The van der Waals surface area contributed by atoms with E-state index in [2.05, 4.69) is 5.32 Å². The molecule has 0 aromatic rings. The van der Waals surface area contributed by atoms with Crippen molar-refractivity contribution in [2.24, 2.45) is 11.1 Å². The highest BCUT2D eigenvalue weighted by Crippen LogP contribution is 2.48. The highest BCUT2D eigenvalue weighted by molar-refractivity contribution is 5.87. The van der Waals surface area contributed by atoms with Gasteiger partial charge >= 0.3 is 0 Å². The molecule has 1 saturated heterocycles. The van der Waals surface area contributed by atoms with Gasteiger partial charge < -0.3 is 11.1 Å². The normalized spacial score (nSPS) is 48.0. The molecule has 2 bridgehead atoms. The van der Waals surface area contributed by atoms with E-state index in [1.807, 2.05) is 6.92 Å². The molecule has 1 aliphatic heterocycles. The summed E-state index contributed by atoms with van der Waals surface area (Å²) in [6.45, 7) is 2.63. The Morgan fingerprint density at radius 2 is 2.36 bits per heavy atom. The van der Waals surface area contributed by atoms with Crippen LogP contribution >= 0.6 is 0 Å². The zero-order valence-corrected chi connectivity index (χ0v) is 6.81. The van der Waals surface area contributed by atoms with E-state index in [1.54, 1.807) is 0 Å². The van der Waals surface area contributed by atoms with Crippen LogP contribution < -0.4 is 11.1 Å². The zero-order chi connectivity index (χ0) is 8.11. The van der Waals surface area contributed by atoms with Crippen LogP contribution in [0.1, 0.15) is 26.2 Å². The molecule has 2 unspecified atom stereocenters. The molecule has 1 aliphatic carbocycles. The molecule has 0 aromatic heterocycles. The van der Waals surface area contributed by atoms with E-state index in [-0.39, 0.29) is 16.9 Å². The van der Waals surface area contributed by atoms with Gasteiger partial charge in [0, 0.05) is 12.0 Å². The number of hydrogen-bond donors (Lipinski definition) is 2. The smallest absolute Gasteiger partial charge is 0.226 e. The molecule has 3 nitrogen and oxygen atoms in total. The molecule has 0 radical (unpaired) electrons. The number of rotatable bonds is 1. The Balaban J connectivity index is 2.30. The first-order valence-electron chi connectivity index (χ1n) is 4.13. The van der Waals surface area contributed by atoms with E-state index in [0.717, 1.165) is 19.3 Å². The fraction of sp³-hybridized carbons (Fsp3) is 0.875. The minimum absolute atomic E-state index is 0.0359. The summed E-state index contributed by atoms with van der Waals surface area (Å²) in [4.78, 5) is 11.4. The Labute approximate surface area is 66.3 Å². The van der Waals surface area contributed by atoms with Crippen molar-refractivity contribution in [1.29, 1.82) is 0 Å². The monoisotopic (exact) mass is 154 g/mol. The molecule has 62 valence electrons. The average Bonchev–Trinajstić information content (AvgIpc) is 2.41. The minimum Gasteiger partial charge on any atom is -0.349 e. The third kappa shape index (κ3) is 0.745. The first-order chi connectivity index (χ1) is 5.10. The van der Waals surface area contributed by atoms with Crippen LogP contribution in [0.15, 0.2) is 0 Å². The fourth-order valence-electron chi connectivity index (χ4n) is 2.36. The molecule has 0 aromatic carbocycles. The maximum atomic E-state index is 11.4. The van der Waals surface area contributed by atoms with Gasteiger partial charge in [-0.3, -0.25) is 4.79 Å². The van der Waals surface area contributed by atoms with Crippen LogP contribution in [0.3, 0.4) is 0 Å². The van der Waals surface area contributed by atoms with Crippen molar-refractivity contribution in [3.63, 3.8) is 0 Å². The van der Waals surface area contributed by atoms with Crippen molar-refractivity contribution in [1.82, 2.24) is 5.32 Å². The lowest BCUT2D eigenvalue weighted by Crippen LogP contribution is -2.49. The van der Waals surface area contributed by atoms with Crippen molar-refractivity contribution < 1.29 is 4.79 Å². The van der Waals surface area contributed by atoms with Gasteiger partial charge in [0.25, 0.3) is 0 Å². The summed E-state index contributed by atoms with van der Waals surface area (Å²) in [5, 5.41) is 2.99. The number of fused-ring (bicyclic) bond motifs is 2. The molecule has 11 heavy (non-hydrogen) atoms. The summed E-state index contributed by atoms with van der Waals surface area (Å²) in [5.74, 6) is 0.203. The average molecular weight is 154 g/mol. The van der Waals surface area contributed by atoms with Crippen LogP contribution in [0.4, 0.5) is 0 Å². The molecule has 2 aliphatic rings. The van der Waals surface area contributed by atoms with Gasteiger partial charge in [-0.1, -0.05) is 6.92 Å². The third-order valence-corrected chi connectivity index (χ3v) is 3.20. The van der Waals surface area contributed by atoms with Gasteiger partial charge in [0.05, 0.1) is 5.54 Å². The Morgan fingerprint density at radius 3 is 2.64 bits per heavy atom. The predicted molar refractivity (Wildman–Crippen MR) is 41.9 cm³/mol. The summed E-state index contributed by atoms with van der Waals surface area (Å²) in [6.07, 6.45) is 3.01. The molecule has 0 spiro atoms. The van der Waals surface area contributed by atoms with Crippen molar-refractivity contribution in [3.8, 4) is 0 Å². The molecule has 3 heteroatoms. The van der Waals surface area contributed by atoms with E-state index in [4.69, 9.17) is 5.73 Å². The number of nitrogens with one attached hydrogen (secondary N) is 1. The topological polar surface area (TPSA) is 55.1 Å². The number of carbonyl (C=O) groups excluding carboxylic acids is 1. The van der Waals surface area contributed by atoms with E-state index in [9.17, 15) is 4.79 Å². The summed E-state index contributed by atoms with van der Waals surface area (Å²) >= 11 is 0. The highest BCUT2D eigenvalue weighted by Gasteiger charge is 2.56. The molecule has 1 heterocycles. The summed E-state index contributed by atoms with van der Waals surface area (Å²) in [6, 6.07) is 0. The SMILES string of the molecule is CC12CCC(CN)(C1)NC2=O. The lowest BCUT2D eigenvalue weighted by molar-refractivity contribution is -0.128. The number of amides is 1. The fourth-order valence-corrected chi connectivity index (χ4v) is 2.36. The minimum atomic E-state index is -0.0978. The second-order valence-electron chi connectivity index (χ2n) is 4.18. The van der Waals surface area contributed by atoms with E-state index in [0.29, 0.717) is 6.54 Å². The molecule has 2 rings (SSSR count). The quantitative estimate of drug-likeness (QED) is 0.558. The van der Waals surface area contributed by atoms with Crippen LogP contribution in [-0.4, -0.2) is 18.0 Å². The van der Waals surface area contributed by atoms with Gasteiger partial charge in [-0.05, 0) is 19.3 Å². The first kappa shape index (κ1) is 7.10. The van der Waals surface area contributed by atoms with Gasteiger partial charge in [-0.2, -0.15) is 0 Å². The predicted octanol–water partition coefficient (Wildman–Crippen LogP) is 0.00390. The molecule has 2 fully saturated rings. The molecule has 3 N–H and O–H groups in total. The van der Waals surface area contributed by atoms with Crippen LogP contribution in [0.2, 0.25) is 0 Å². The van der Waals surface area contributed by atoms with Crippen molar-refractivity contribution in [2.45, 2.75) is 31.7 Å². The van der Waals surface area contributed by atoms with Crippen LogP contribution in [-0.2, 0) is 4.79 Å². The Bertz CT molecular complexity index is 216.